The monoisotopic (exact) mass is 436 g/mol. The molecule has 2 fully saturated rings. The minimum Gasteiger partial charge on any atom is -0.490 e. The van der Waals surface area contributed by atoms with Gasteiger partial charge in [-0.1, -0.05) is 13.3 Å². The van der Waals surface area contributed by atoms with Crippen molar-refractivity contribution in [2.24, 2.45) is 11.8 Å². The van der Waals surface area contributed by atoms with Crippen LogP contribution in [-0.4, -0.2) is 62.9 Å². The zero-order valence-electron chi connectivity index (χ0n) is 17.7. The van der Waals surface area contributed by atoms with E-state index in [1.165, 1.54) is 10.7 Å². The van der Waals surface area contributed by atoms with Crippen molar-refractivity contribution in [3.05, 3.63) is 18.2 Å². The lowest BCUT2D eigenvalue weighted by Gasteiger charge is -2.37. The summed E-state index contributed by atoms with van der Waals surface area (Å²) in [5.74, 6) is 1.80. The molecule has 0 spiro atoms. The highest BCUT2D eigenvalue weighted by molar-refractivity contribution is 7.89. The molecule has 1 aromatic carbocycles. The first kappa shape index (κ1) is 21.4. The molecule has 1 amide bonds. The highest BCUT2D eigenvalue weighted by atomic mass is 32.2. The van der Waals surface area contributed by atoms with Crippen molar-refractivity contribution in [1.82, 2.24) is 9.21 Å². The summed E-state index contributed by atoms with van der Waals surface area (Å²) in [4.78, 5) is 15.2. The number of rotatable bonds is 4. The lowest BCUT2D eigenvalue weighted by Crippen LogP contribution is -2.47. The van der Waals surface area contributed by atoms with Crippen LogP contribution in [-0.2, 0) is 14.8 Å². The van der Waals surface area contributed by atoms with Gasteiger partial charge in [0, 0.05) is 44.6 Å². The molecular weight excluding hydrogens is 404 g/mol. The molecule has 1 aromatic rings. The summed E-state index contributed by atoms with van der Waals surface area (Å²) in [5, 5.41) is 0. The lowest BCUT2D eigenvalue weighted by molar-refractivity contribution is -0.138. The third kappa shape index (κ3) is 4.44. The predicted molar refractivity (Wildman–Crippen MR) is 113 cm³/mol. The second-order valence-corrected chi connectivity index (χ2v) is 10.5. The molecule has 3 heterocycles. The number of sulfonamides is 1. The van der Waals surface area contributed by atoms with E-state index in [1.54, 1.807) is 18.2 Å². The zero-order chi connectivity index (χ0) is 21.1. The Morgan fingerprint density at radius 2 is 1.77 bits per heavy atom. The Kier molecular flexibility index (Phi) is 6.53. The van der Waals surface area contributed by atoms with Crippen molar-refractivity contribution >= 4 is 15.9 Å². The van der Waals surface area contributed by atoms with Crippen LogP contribution in [0.15, 0.2) is 23.1 Å². The van der Waals surface area contributed by atoms with E-state index in [0.717, 1.165) is 32.4 Å². The van der Waals surface area contributed by atoms with Crippen LogP contribution >= 0.6 is 0 Å². The molecule has 0 radical (unpaired) electrons. The predicted octanol–water partition coefficient (Wildman–Crippen LogP) is 2.90. The van der Waals surface area contributed by atoms with Gasteiger partial charge in [0.25, 0.3) is 0 Å². The molecular formula is C22H32N2O5S. The van der Waals surface area contributed by atoms with Gasteiger partial charge >= 0.3 is 0 Å². The van der Waals surface area contributed by atoms with Gasteiger partial charge in [-0.15, -0.1) is 0 Å². The molecule has 2 saturated heterocycles. The zero-order valence-corrected chi connectivity index (χ0v) is 18.5. The maximum atomic E-state index is 13.2. The summed E-state index contributed by atoms with van der Waals surface area (Å²) in [6.07, 6.45) is 5.31. The standard InChI is InChI=1S/C22H32N2O5S/c1-2-17-5-3-10-23(16-17)22(25)18-8-11-24(12-9-18)30(26,27)19-6-7-20-21(15-19)29-14-4-13-28-20/h6-7,15,17-18H,2-5,8-14,16H2,1H3. The number of benzene rings is 1. The van der Waals surface area contributed by atoms with Crippen LogP contribution in [0.1, 0.15) is 45.4 Å². The number of ether oxygens (including phenoxy) is 2. The van der Waals surface area contributed by atoms with E-state index in [4.69, 9.17) is 9.47 Å². The number of carbonyl (C=O) groups is 1. The third-order valence-corrected chi connectivity index (χ3v) is 8.46. The maximum Gasteiger partial charge on any atom is 0.243 e. The number of likely N-dealkylation sites (tertiary alicyclic amines) is 1. The number of carbonyl (C=O) groups excluding carboxylic acids is 1. The van der Waals surface area contributed by atoms with E-state index in [0.29, 0.717) is 56.6 Å². The highest BCUT2D eigenvalue weighted by Crippen LogP contribution is 2.34. The van der Waals surface area contributed by atoms with Gasteiger partial charge in [0.15, 0.2) is 11.5 Å². The molecule has 0 saturated carbocycles. The van der Waals surface area contributed by atoms with Crippen molar-refractivity contribution in [3.63, 3.8) is 0 Å². The van der Waals surface area contributed by atoms with E-state index < -0.39 is 10.0 Å². The van der Waals surface area contributed by atoms with Gasteiger partial charge in [0.1, 0.15) is 0 Å². The van der Waals surface area contributed by atoms with Crippen molar-refractivity contribution in [2.75, 3.05) is 39.4 Å². The highest BCUT2D eigenvalue weighted by Gasteiger charge is 2.35. The van der Waals surface area contributed by atoms with Gasteiger partial charge in [0.2, 0.25) is 15.9 Å². The number of piperidine rings is 2. The Labute approximate surface area is 179 Å². The van der Waals surface area contributed by atoms with E-state index in [2.05, 4.69) is 6.92 Å². The largest absolute Gasteiger partial charge is 0.490 e. The van der Waals surface area contributed by atoms with Crippen molar-refractivity contribution < 1.29 is 22.7 Å². The normalized spacial score (nSPS) is 23.8. The average molecular weight is 437 g/mol. The number of amides is 1. The molecule has 3 aliphatic heterocycles. The topological polar surface area (TPSA) is 76.2 Å². The van der Waals surface area contributed by atoms with E-state index in [1.807, 2.05) is 4.90 Å². The van der Waals surface area contributed by atoms with Gasteiger partial charge in [-0.3, -0.25) is 4.79 Å². The Morgan fingerprint density at radius 1 is 1.03 bits per heavy atom. The smallest absolute Gasteiger partial charge is 0.243 e. The first-order valence-corrected chi connectivity index (χ1v) is 12.6. The Morgan fingerprint density at radius 3 is 2.50 bits per heavy atom. The van der Waals surface area contributed by atoms with Crippen LogP contribution in [0.5, 0.6) is 11.5 Å². The van der Waals surface area contributed by atoms with E-state index in [-0.39, 0.29) is 16.7 Å². The number of hydrogen-bond donors (Lipinski definition) is 0. The molecule has 0 N–H and O–H groups in total. The molecule has 1 unspecified atom stereocenters. The second-order valence-electron chi connectivity index (χ2n) is 8.54. The Hall–Kier alpha value is -1.80. The summed E-state index contributed by atoms with van der Waals surface area (Å²) < 4.78 is 39.1. The summed E-state index contributed by atoms with van der Waals surface area (Å²) in [6.45, 7) is 5.70. The first-order valence-electron chi connectivity index (χ1n) is 11.2. The summed E-state index contributed by atoms with van der Waals surface area (Å²) in [7, 11) is -3.62. The Balaban J connectivity index is 1.39. The van der Waals surface area contributed by atoms with Crippen LogP contribution in [0.4, 0.5) is 0 Å². The van der Waals surface area contributed by atoms with E-state index >= 15 is 0 Å². The minimum atomic E-state index is -3.62. The molecule has 0 bridgehead atoms. The first-order chi connectivity index (χ1) is 14.5. The average Bonchev–Trinajstić information content (AvgIpc) is 3.03. The quantitative estimate of drug-likeness (QED) is 0.725. The molecule has 7 nitrogen and oxygen atoms in total. The summed E-state index contributed by atoms with van der Waals surface area (Å²) >= 11 is 0. The fourth-order valence-corrected chi connectivity index (χ4v) is 6.14. The fourth-order valence-electron chi connectivity index (χ4n) is 4.65. The number of nitrogens with zero attached hydrogens (tertiary/aromatic N) is 2. The van der Waals surface area contributed by atoms with Crippen LogP contribution in [0.2, 0.25) is 0 Å². The van der Waals surface area contributed by atoms with Crippen LogP contribution < -0.4 is 9.47 Å². The number of hydrogen-bond acceptors (Lipinski definition) is 5. The molecule has 3 aliphatic rings. The fraction of sp³-hybridized carbons (Fsp3) is 0.682. The van der Waals surface area contributed by atoms with Gasteiger partial charge in [0.05, 0.1) is 18.1 Å². The van der Waals surface area contributed by atoms with Gasteiger partial charge in [-0.25, -0.2) is 8.42 Å². The van der Waals surface area contributed by atoms with Gasteiger partial charge in [-0.05, 0) is 43.7 Å². The lowest BCUT2D eigenvalue weighted by atomic mass is 9.92. The summed E-state index contributed by atoms with van der Waals surface area (Å²) in [6, 6.07) is 4.81. The molecule has 0 aliphatic carbocycles. The van der Waals surface area contributed by atoms with Gasteiger partial charge in [-0.2, -0.15) is 4.31 Å². The van der Waals surface area contributed by atoms with Crippen LogP contribution in [0.25, 0.3) is 0 Å². The molecule has 30 heavy (non-hydrogen) atoms. The molecule has 0 aromatic heterocycles. The van der Waals surface area contributed by atoms with Gasteiger partial charge < -0.3 is 14.4 Å². The molecule has 4 rings (SSSR count). The molecule has 166 valence electrons. The van der Waals surface area contributed by atoms with Crippen molar-refractivity contribution in [2.45, 2.75) is 50.3 Å². The second kappa shape index (κ2) is 9.14. The Bertz CT molecular complexity index is 864. The third-order valence-electron chi connectivity index (χ3n) is 6.57. The van der Waals surface area contributed by atoms with Crippen molar-refractivity contribution in [1.29, 1.82) is 0 Å². The van der Waals surface area contributed by atoms with Crippen molar-refractivity contribution in [3.8, 4) is 11.5 Å². The van der Waals surface area contributed by atoms with Crippen LogP contribution in [0, 0.1) is 11.8 Å². The summed E-state index contributed by atoms with van der Waals surface area (Å²) in [5.41, 5.74) is 0. The molecule has 1 atom stereocenters. The van der Waals surface area contributed by atoms with E-state index in [9.17, 15) is 13.2 Å². The van der Waals surface area contributed by atoms with Crippen LogP contribution in [0.3, 0.4) is 0 Å². The maximum absolute atomic E-state index is 13.2. The molecule has 8 heteroatoms. The SMILES string of the molecule is CCC1CCCN(C(=O)C2CCN(S(=O)(=O)c3ccc4c(c3)OCCCO4)CC2)C1. The number of fused-ring (bicyclic) bond motifs is 1. The minimum absolute atomic E-state index is 0.0733.